The summed E-state index contributed by atoms with van der Waals surface area (Å²) in [6.07, 6.45) is 5.64. The number of halogens is 1. The number of carboxylic acids is 1. The number of aliphatic hydroxyl groups is 1. The van der Waals surface area contributed by atoms with Crippen molar-refractivity contribution in [1.29, 1.82) is 0 Å². The lowest BCUT2D eigenvalue weighted by Crippen LogP contribution is -2.40. The van der Waals surface area contributed by atoms with Gasteiger partial charge in [-0.1, -0.05) is 12.1 Å². The summed E-state index contributed by atoms with van der Waals surface area (Å²) in [5.41, 5.74) is 0.272. The standard InChI is InChI=1S/C17H19BrN2O3/c18-14-10-19-16(20-8-2-1-4-11(20)7-9-21)12-5-3-6-13(15(12)14)17(22)23/h3,5-6,10-11,21H,1-2,4,7-9H2,(H,22,23). The van der Waals surface area contributed by atoms with Gasteiger partial charge in [-0.05, 0) is 47.7 Å². The van der Waals surface area contributed by atoms with Crippen LogP contribution in [-0.4, -0.2) is 40.4 Å². The first-order valence-electron chi connectivity index (χ1n) is 7.81. The van der Waals surface area contributed by atoms with Gasteiger partial charge in [-0.25, -0.2) is 9.78 Å². The van der Waals surface area contributed by atoms with Crippen LogP contribution in [0.2, 0.25) is 0 Å². The second kappa shape index (κ2) is 6.84. The average Bonchev–Trinajstić information content (AvgIpc) is 2.56. The van der Waals surface area contributed by atoms with Crippen LogP contribution in [0, 0.1) is 0 Å². The van der Waals surface area contributed by atoms with Crippen LogP contribution in [-0.2, 0) is 0 Å². The summed E-state index contributed by atoms with van der Waals surface area (Å²) in [5, 5.41) is 20.3. The number of benzene rings is 1. The molecule has 3 rings (SSSR count). The zero-order valence-corrected chi connectivity index (χ0v) is 14.3. The minimum absolute atomic E-state index is 0.149. The highest BCUT2D eigenvalue weighted by Crippen LogP contribution is 2.35. The van der Waals surface area contributed by atoms with Gasteiger partial charge in [-0.15, -0.1) is 0 Å². The highest BCUT2D eigenvalue weighted by atomic mass is 79.9. The lowest BCUT2D eigenvalue weighted by molar-refractivity contribution is 0.0699. The molecule has 1 saturated heterocycles. The number of piperidine rings is 1. The molecule has 2 N–H and O–H groups in total. The number of fused-ring (bicyclic) bond motifs is 1. The van der Waals surface area contributed by atoms with Crippen LogP contribution < -0.4 is 4.90 Å². The number of carboxylic acid groups (broad SMARTS) is 1. The van der Waals surface area contributed by atoms with Gasteiger partial charge in [0, 0.05) is 40.6 Å². The summed E-state index contributed by atoms with van der Waals surface area (Å²) in [5.74, 6) is -0.136. The van der Waals surface area contributed by atoms with Gasteiger partial charge in [-0.3, -0.25) is 0 Å². The number of nitrogens with zero attached hydrogens (tertiary/aromatic N) is 2. The molecule has 0 aliphatic carbocycles. The quantitative estimate of drug-likeness (QED) is 0.852. The Hall–Kier alpha value is -1.66. The Bertz CT molecular complexity index is 733. The van der Waals surface area contributed by atoms with E-state index in [2.05, 4.69) is 25.8 Å². The fourth-order valence-corrected chi connectivity index (χ4v) is 3.91. The Morgan fingerprint density at radius 1 is 1.39 bits per heavy atom. The van der Waals surface area contributed by atoms with Crippen molar-refractivity contribution in [3.05, 3.63) is 34.4 Å². The van der Waals surface area contributed by atoms with Gasteiger partial charge in [0.15, 0.2) is 0 Å². The van der Waals surface area contributed by atoms with E-state index < -0.39 is 5.97 Å². The Morgan fingerprint density at radius 3 is 2.96 bits per heavy atom. The molecule has 1 unspecified atom stereocenters. The first-order valence-corrected chi connectivity index (χ1v) is 8.60. The normalized spacial score (nSPS) is 18.3. The second-order valence-electron chi connectivity index (χ2n) is 5.82. The van der Waals surface area contributed by atoms with Crippen LogP contribution in [0.25, 0.3) is 10.8 Å². The van der Waals surface area contributed by atoms with E-state index in [1.54, 1.807) is 18.3 Å². The average molecular weight is 379 g/mol. The monoisotopic (exact) mass is 378 g/mol. The van der Waals surface area contributed by atoms with Crippen molar-refractivity contribution in [3.8, 4) is 0 Å². The molecule has 1 atom stereocenters. The van der Waals surface area contributed by atoms with Crippen LogP contribution in [0.1, 0.15) is 36.0 Å². The van der Waals surface area contributed by atoms with Crippen molar-refractivity contribution in [2.24, 2.45) is 0 Å². The number of aliphatic hydroxyl groups excluding tert-OH is 1. The number of pyridine rings is 1. The van der Waals surface area contributed by atoms with E-state index in [1.807, 2.05) is 6.07 Å². The fraction of sp³-hybridized carbons (Fsp3) is 0.412. The number of aromatic carboxylic acids is 1. The molecule has 122 valence electrons. The third-order valence-electron chi connectivity index (χ3n) is 4.44. The highest BCUT2D eigenvalue weighted by Gasteiger charge is 2.25. The summed E-state index contributed by atoms with van der Waals surface area (Å²) in [6, 6.07) is 5.54. The van der Waals surface area contributed by atoms with Crippen LogP contribution in [0.3, 0.4) is 0 Å². The number of carbonyl (C=O) groups is 1. The lowest BCUT2D eigenvalue weighted by atomic mass is 9.98. The molecule has 2 aromatic rings. The van der Waals surface area contributed by atoms with Gasteiger partial charge in [0.1, 0.15) is 5.82 Å². The third-order valence-corrected chi connectivity index (χ3v) is 5.04. The van der Waals surface area contributed by atoms with Crippen LogP contribution in [0.5, 0.6) is 0 Å². The molecular weight excluding hydrogens is 360 g/mol. The van der Waals surface area contributed by atoms with Crippen LogP contribution >= 0.6 is 15.9 Å². The summed E-state index contributed by atoms with van der Waals surface area (Å²) < 4.78 is 0.685. The highest BCUT2D eigenvalue weighted by molar-refractivity contribution is 9.10. The Morgan fingerprint density at radius 2 is 2.22 bits per heavy atom. The molecular formula is C17H19BrN2O3. The minimum Gasteiger partial charge on any atom is -0.478 e. The maximum atomic E-state index is 11.5. The number of anilines is 1. The van der Waals surface area contributed by atoms with Crippen molar-refractivity contribution in [2.45, 2.75) is 31.7 Å². The van der Waals surface area contributed by atoms with E-state index in [4.69, 9.17) is 0 Å². The molecule has 2 heterocycles. The topological polar surface area (TPSA) is 73.7 Å². The molecule has 0 saturated carbocycles. The van der Waals surface area contributed by atoms with Crippen molar-refractivity contribution >= 4 is 38.5 Å². The zero-order chi connectivity index (χ0) is 16.4. The second-order valence-corrected chi connectivity index (χ2v) is 6.67. The van der Waals surface area contributed by atoms with Gasteiger partial charge in [-0.2, -0.15) is 0 Å². The summed E-state index contributed by atoms with van der Waals surface area (Å²) in [4.78, 5) is 18.3. The predicted molar refractivity (Wildman–Crippen MR) is 93.1 cm³/mol. The largest absolute Gasteiger partial charge is 0.478 e. The molecule has 1 aromatic carbocycles. The molecule has 1 aromatic heterocycles. The minimum atomic E-state index is -0.945. The summed E-state index contributed by atoms with van der Waals surface area (Å²) in [7, 11) is 0. The van der Waals surface area contributed by atoms with Crippen LogP contribution in [0.15, 0.2) is 28.9 Å². The van der Waals surface area contributed by atoms with Crippen LogP contribution in [0.4, 0.5) is 5.82 Å². The van der Waals surface area contributed by atoms with Crippen molar-refractivity contribution in [2.75, 3.05) is 18.1 Å². The van der Waals surface area contributed by atoms with Gasteiger partial charge in [0.2, 0.25) is 0 Å². The summed E-state index contributed by atoms with van der Waals surface area (Å²) >= 11 is 3.44. The Balaban J connectivity index is 2.16. The van der Waals surface area contributed by atoms with Crippen molar-refractivity contribution < 1.29 is 15.0 Å². The first kappa shape index (κ1) is 16.2. The SMILES string of the molecule is O=C(O)c1cccc2c(N3CCCCC3CCO)ncc(Br)c12. The molecule has 1 aliphatic rings. The smallest absolute Gasteiger partial charge is 0.336 e. The van der Waals surface area contributed by atoms with Crippen molar-refractivity contribution in [3.63, 3.8) is 0 Å². The molecule has 1 aliphatic heterocycles. The molecule has 23 heavy (non-hydrogen) atoms. The van der Waals surface area contributed by atoms with Gasteiger partial charge < -0.3 is 15.1 Å². The van der Waals surface area contributed by atoms with Gasteiger partial charge >= 0.3 is 5.97 Å². The van der Waals surface area contributed by atoms with Crippen molar-refractivity contribution in [1.82, 2.24) is 4.98 Å². The fourth-order valence-electron chi connectivity index (χ4n) is 3.38. The predicted octanol–water partition coefficient (Wildman–Crippen LogP) is 3.44. The molecule has 0 amide bonds. The van der Waals surface area contributed by atoms with Gasteiger partial charge in [0.25, 0.3) is 0 Å². The number of aromatic nitrogens is 1. The molecule has 1 fully saturated rings. The number of hydrogen-bond donors (Lipinski definition) is 2. The zero-order valence-electron chi connectivity index (χ0n) is 12.7. The Labute approximate surface area is 143 Å². The molecule has 0 bridgehead atoms. The van der Waals surface area contributed by atoms with Gasteiger partial charge in [0.05, 0.1) is 5.56 Å². The molecule has 5 nitrogen and oxygen atoms in total. The van der Waals surface area contributed by atoms with E-state index in [-0.39, 0.29) is 18.2 Å². The molecule has 6 heteroatoms. The summed E-state index contributed by atoms with van der Waals surface area (Å²) in [6.45, 7) is 1.03. The molecule has 0 radical (unpaired) electrons. The third kappa shape index (κ3) is 3.05. The molecule has 0 spiro atoms. The maximum absolute atomic E-state index is 11.5. The van der Waals surface area contributed by atoms with E-state index in [0.29, 0.717) is 16.3 Å². The number of hydrogen-bond acceptors (Lipinski definition) is 4. The van der Waals surface area contributed by atoms with E-state index >= 15 is 0 Å². The Kier molecular flexibility index (Phi) is 4.82. The van der Waals surface area contributed by atoms with E-state index in [1.165, 1.54) is 0 Å². The first-order chi connectivity index (χ1) is 11.1. The lowest BCUT2D eigenvalue weighted by Gasteiger charge is -2.37. The maximum Gasteiger partial charge on any atom is 0.336 e. The van der Waals surface area contributed by atoms with E-state index in [9.17, 15) is 15.0 Å². The van der Waals surface area contributed by atoms with E-state index in [0.717, 1.165) is 37.0 Å². The number of rotatable bonds is 4.